The van der Waals surface area contributed by atoms with Gasteiger partial charge in [-0.05, 0) is 12.1 Å². The number of rotatable bonds is 3. The van der Waals surface area contributed by atoms with Gasteiger partial charge in [-0.1, -0.05) is 12.1 Å². The van der Waals surface area contributed by atoms with Gasteiger partial charge < -0.3 is 4.74 Å². The summed E-state index contributed by atoms with van der Waals surface area (Å²) >= 11 is 0. The molecule has 0 atom stereocenters. The van der Waals surface area contributed by atoms with Crippen molar-refractivity contribution >= 4 is 6.29 Å². The molecule has 1 aromatic carbocycles. The van der Waals surface area contributed by atoms with E-state index in [-0.39, 0.29) is 5.56 Å². The Hall–Kier alpha value is -2.23. The Morgan fingerprint density at radius 1 is 1.35 bits per heavy atom. The van der Waals surface area contributed by atoms with E-state index in [9.17, 15) is 9.18 Å². The molecular weight excluding hydrogens is 221 g/mol. The van der Waals surface area contributed by atoms with Crippen molar-refractivity contribution in [2.75, 3.05) is 7.11 Å². The van der Waals surface area contributed by atoms with Gasteiger partial charge >= 0.3 is 0 Å². The van der Waals surface area contributed by atoms with E-state index in [1.54, 1.807) is 18.2 Å². The van der Waals surface area contributed by atoms with Crippen molar-refractivity contribution in [2.45, 2.75) is 0 Å². The van der Waals surface area contributed by atoms with Gasteiger partial charge in [0.1, 0.15) is 11.6 Å². The SMILES string of the molecule is COc1cncc(-c2cccc(C=O)c2F)c1. The van der Waals surface area contributed by atoms with Crippen molar-refractivity contribution in [3.8, 4) is 16.9 Å². The molecule has 0 bridgehead atoms. The molecule has 1 aromatic heterocycles. The van der Waals surface area contributed by atoms with E-state index in [0.717, 1.165) is 0 Å². The molecular formula is C13H10FNO2. The van der Waals surface area contributed by atoms with Gasteiger partial charge in [-0.3, -0.25) is 9.78 Å². The smallest absolute Gasteiger partial charge is 0.153 e. The Kier molecular flexibility index (Phi) is 3.14. The normalized spacial score (nSPS) is 10.0. The number of benzene rings is 1. The quantitative estimate of drug-likeness (QED) is 0.762. The van der Waals surface area contributed by atoms with Gasteiger partial charge in [-0.2, -0.15) is 0 Å². The van der Waals surface area contributed by atoms with Crippen molar-refractivity contribution in [1.82, 2.24) is 4.98 Å². The molecule has 0 amide bonds. The van der Waals surface area contributed by atoms with Gasteiger partial charge in [0, 0.05) is 17.3 Å². The molecule has 0 radical (unpaired) electrons. The largest absolute Gasteiger partial charge is 0.495 e. The van der Waals surface area contributed by atoms with Crippen LogP contribution >= 0.6 is 0 Å². The lowest BCUT2D eigenvalue weighted by Gasteiger charge is -2.06. The fourth-order valence-electron chi connectivity index (χ4n) is 1.54. The number of ether oxygens (including phenoxy) is 1. The van der Waals surface area contributed by atoms with Crippen molar-refractivity contribution < 1.29 is 13.9 Å². The number of hydrogen-bond acceptors (Lipinski definition) is 3. The van der Waals surface area contributed by atoms with E-state index in [4.69, 9.17) is 4.74 Å². The Labute approximate surface area is 97.9 Å². The van der Waals surface area contributed by atoms with Crippen LogP contribution in [0.2, 0.25) is 0 Å². The molecule has 0 fully saturated rings. The summed E-state index contributed by atoms with van der Waals surface area (Å²) in [6.45, 7) is 0. The van der Waals surface area contributed by atoms with Gasteiger partial charge in [0.2, 0.25) is 0 Å². The molecule has 0 saturated carbocycles. The topological polar surface area (TPSA) is 39.2 Å². The third kappa shape index (κ3) is 2.15. The first kappa shape index (κ1) is 11.3. The summed E-state index contributed by atoms with van der Waals surface area (Å²) in [4.78, 5) is 14.6. The fourth-order valence-corrected chi connectivity index (χ4v) is 1.54. The Morgan fingerprint density at radius 3 is 2.88 bits per heavy atom. The van der Waals surface area contributed by atoms with E-state index >= 15 is 0 Å². The minimum atomic E-state index is -0.544. The molecule has 3 nitrogen and oxygen atoms in total. The number of carbonyl (C=O) groups is 1. The molecule has 1 heterocycles. The van der Waals surface area contributed by atoms with Crippen molar-refractivity contribution in [2.24, 2.45) is 0 Å². The maximum atomic E-state index is 13.9. The number of nitrogens with zero attached hydrogens (tertiary/aromatic N) is 1. The van der Waals surface area contributed by atoms with E-state index in [1.165, 1.54) is 25.6 Å². The minimum absolute atomic E-state index is 0.0327. The first-order chi connectivity index (χ1) is 8.26. The summed E-state index contributed by atoms with van der Waals surface area (Å²) < 4.78 is 18.9. The first-order valence-corrected chi connectivity index (χ1v) is 4.99. The van der Waals surface area contributed by atoms with Crippen LogP contribution in [0.4, 0.5) is 4.39 Å². The van der Waals surface area contributed by atoms with Crippen LogP contribution in [0.1, 0.15) is 10.4 Å². The number of pyridine rings is 1. The molecule has 2 aromatic rings. The molecule has 0 N–H and O–H groups in total. The third-order valence-electron chi connectivity index (χ3n) is 2.42. The molecule has 2 rings (SSSR count). The molecule has 0 spiro atoms. The molecule has 0 saturated heterocycles. The van der Waals surface area contributed by atoms with Crippen LogP contribution in [0.25, 0.3) is 11.1 Å². The van der Waals surface area contributed by atoms with Crippen molar-refractivity contribution in [1.29, 1.82) is 0 Å². The maximum absolute atomic E-state index is 13.9. The second-order valence-corrected chi connectivity index (χ2v) is 3.44. The molecule has 17 heavy (non-hydrogen) atoms. The summed E-state index contributed by atoms with van der Waals surface area (Å²) in [5, 5.41) is 0. The zero-order valence-electron chi connectivity index (χ0n) is 9.18. The Morgan fingerprint density at radius 2 is 2.18 bits per heavy atom. The minimum Gasteiger partial charge on any atom is -0.495 e. The number of hydrogen-bond donors (Lipinski definition) is 0. The molecule has 86 valence electrons. The summed E-state index contributed by atoms with van der Waals surface area (Å²) in [6.07, 6.45) is 3.55. The van der Waals surface area contributed by atoms with E-state index in [2.05, 4.69) is 4.98 Å². The molecule has 0 aliphatic heterocycles. The second kappa shape index (κ2) is 4.74. The second-order valence-electron chi connectivity index (χ2n) is 3.44. The highest BCUT2D eigenvalue weighted by molar-refractivity contribution is 5.79. The van der Waals surface area contributed by atoms with Gasteiger partial charge in [0.25, 0.3) is 0 Å². The van der Waals surface area contributed by atoms with Gasteiger partial charge in [-0.25, -0.2) is 4.39 Å². The molecule has 0 aliphatic rings. The number of aldehydes is 1. The average molecular weight is 231 g/mol. The first-order valence-electron chi connectivity index (χ1n) is 4.99. The molecule has 0 unspecified atom stereocenters. The highest BCUT2D eigenvalue weighted by Crippen LogP contribution is 2.26. The van der Waals surface area contributed by atoms with Crippen LogP contribution in [0, 0.1) is 5.82 Å². The lowest BCUT2D eigenvalue weighted by Crippen LogP contribution is -1.93. The standard InChI is InChI=1S/C13H10FNO2/c1-17-11-5-10(6-15-7-11)12-4-2-3-9(8-16)13(12)14/h2-8H,1H3. The van der Waals surface area contributed by atoms with Crippen LogP contribution in [-0.2, 0) is 0 Å². The number of carbonyl (C=O) groups excluding carboxylic acids is 1. The van der Waals surface area contributed by atoms with Crippen LogP contribution < -0.4 is 4.74 Å². The summed E-state index contributed by atoms with van der Waals surface area (Å²) in [7, 11) is 1.51. The van der Waals surface area contributed by atoms with Crippen LogP contribution in [0.3, 0.4) is 0 Å². The summed E-state index contributed by atoms with van der Waals surface area (Å²) in [5.74, 6) is -0.00374. The summed E-state index contributed by atoms with van der Waals surface area (Å²) in [5.41, 5.74) is 0.942. The van der Waals surface area contributed by atoms with Crippen LogP contribution in [0.5, 0.6) is 5.75 Å². The van der Waals surface area contributed by atoms with Crippen LogP contribution in [0.15, 0.2) is 36.7 Å². The number of methoxy groups -OCH3 is 1. The summed E-state index contributed by atoms with van der Waals surface area (Å²) in [6, 6.07) is 6.32. The highest BCUT2D eigenvalue weighted by Gasteiger charge is 2.10. The van der Waals surface area contributed by atoms with Crippen LogP contribution in [-0.4, -0.2) is 18.4 Å². The number of aromatic nitrogens is 1. The van der Waals surface area contributed by atoms with Gasteiger partial charge in [0.15, 0.2) is 6.29 Å². The molecule has 4 heteroatoms. The van der Waals surface area contributed by atoms with Gasteiger partial charge in [-0.15, -0.1) is 0 Å². The monoisotopic (exact) mass is 231 g/mol. The fraction of sp³-hybridized carbons (Fsp3) is 0.0769. The predicted molar refractivity (Wildman–Crippen MR) is 61.6 cm³/mol. The maximum Gasteiger partial charge on any atom is 0.153 e. The third-order valence-corrected chi connectivity index (χ3v) is 2.42. The zero-order valence-corrected chi connectivity index (χ0v) is 9.18. The average Bonchev–Trinajstić information content (AvgIpc) is 2.39. The zero-order chi connectivity index (χ0) is 12.3. The van der Waals surface area contributed by atoms with Gasteiger partial charge in [0.05, 0.1) is 18.9 Å². The van der Waals surface area contributed by atoms with E-state index in [0.29, 0.717) is 23.2 Å². The lowest BCUT2D eigenvalue weighted by atomic mass is 10.0. The Bertz CT molecular complexity index is 555. The lowest BCUT2D eigenvalue weighted by molar-refractivity contribution is 0.112. The van der Waals surface area contributed by atoms with E-state index < -0.39 is 5.82 Å². The highest BCUT2D eigenvalue weighted by atomic mass is 19.1. The molecule has 0 aliphatic carbocycles. The number of halogens is 1. The Balaban J connectivity index is 2.56. The predicted octanol–water partition coefficient (Wildman–Crippen LogP) is 2.71. The van der Waals surface area contributed by atoms with Crippen molar-refractivity contribution in [3.05, 3.63) is 48.0 Å². The van der Waals surface area contributed by atoms with E-state index in [1.807, 2.05) is 0 Å². The van der Waals surface area contributed by atoms with Crippen molar-refractivity contribution in [3.63, 3.8) is 0 Å².